The highest BCUT2D eigenvalue weighted by Gasteiger charge is 2.35. The maximum atomic E-state index is 13.0. The van der Waals surface area contributed by atoms with Gasteiger partial charge in [-0.1, -0.05) is 48.5 Å². The van der Waals surface area contributed by atoms with Crippen molar-refractivity contribution in [1.29, 1.82) is 0 Å². The van der Waals surface area contributed by atoms with Crippen LogP contribution in [0.15, 0.2) is 77.7 Å². The van der Waals surface area contributed by atoms with Crippen LogP contribution < -0.4 is 0 Å². The molecule has 1 aliphatic heterocycles. The second kappa shape index (κ2) is 8.83. The minimum Gasteiger partial charge on any atom is -0.317 e. The van der Waals surface area contributed by atoms with Gasteiger partial charge in [0.15, 0.2) is 0 Å². The molecule has 0 bridgehead atoms. The first-order valence-electron chi connectivity index (χ1n) is 10.6. The van der Waals surface area contributed by atoms with Crippen LogP contribution in [0.2, 0.25) is 0 Å². The summed E-state index contributed by atoms with van der Waals surface area (Å²) in [6.45, 7) is 4.40. The molecule has 0 radical (unpaired) electrons. The average molecular weight is 564 g/mol. The van der Waals surface area contributed by atoms with E-state index in [-0.39, 0.29) is 17.7 Å². The summed E-state index contributed by atoms with van der Waals surface area (Å²) in [6.07, 6.45) is 1.85. The van der Waals surface area contributed by atoms with Gasteiger partial charge in [-0.15, -0.1) is 0 Å². The Kier molecular flexibility index (Phi) is 5.88. The number of thioether (sulfide) groups is 1. The molecule has 4 aromatic rings. The number of aromatic nitrogens is 1. The van der Waals surface area contributed by atoms with Crippen molar-refractivity contribution in [2.45, 2.75) is 20.4 Å². The summed E-state index contributed by atoms with van der Waals surface area (Å²) in [6, 6.07) is 24.5. The molecule has 0 saturated carbocycles. The highest BCUT2D eigenvalue weighted by Crippen LogP contribution is 2.35. The molecular weight excluding hydrogens is 543 g/mol. The number of carbonyl (C=O) groups excluding carboxylic acids is 2. The molecule has 0 unspecified atom stereocenters. The molecule has 33 heavy (non-hydrogen) atoms. The molecule has 0 aliphatic carbocycles. The van der Waals surface area contributed by atoms with Gasteiger partial charge < -0.3 is 4.57 Å². The minimum atomic E-state index is -0.237. The predicted molar refractivity (Wildman–Crippen MR) is 143 cm³/mol. The third kappa shape index (κ3) is 4.13. The number of amides is 2. The van der Waals surface area contributed by atoms with Crippen molar-refractivity contribution in [2.75, 3.05) is 0 Å². The van der Waals surface area contributed by atoms with Gasteiger partial charge in [0.1, 0.15) is 0 Å². The Morgan fingerprint density at radius 2 is 1.67 bits per heavy atom. The molecular formula is C27H21IN2O2S. The number of halogens is 1. The highest BCUT2D eigenvalue weighted by molar-refractivity contribution is 14.1. The maximum absolute atomic E-state index is 13.0. The molecule has 1 fully saturated rings. The quantitative estimate of drug-likeness (QED) is 0.196. The Balaban J connectivity index is 1.48. The number of fused-ring (bicyclic) bond motifs is 1. The lowest BCUT2D eigenvalue weighted by molar-refractivity contribution is -0.123. The Morgan fingerprint density at radius 1 is 0.939 bits per heavy atom. The SMILES string of the molecule is Cc1cc(/C=C2\SC(=O)N(Cc3ccc(I)cc3)C2=O)c(C)n1-c1cccc2ccccc12. The Labute approximate surface area is 210 Å². The monoisotopic (exact) mass is 564 g/mol. The molecule has 0 spiro atoms. The minimum absolute atomic E-state index is 0.229. The fraction of sp³-hybridized carbons (Fsp3) is 0.111. The normalized spacial score (nSPS) is 15.2. The zero-order valence-corrected chi connectivity index (χ0v) is 21.2. The van der Waals surface area contributed by atoms with Crippen LogP contribution in [0.5, 0.6) is 0 Å². The van der Waals surface area contributed by atoms with E-state index in [4.69, 9.17) is 0 Å². The molecule has 1 aliphatic rings. The highest BCUT2D eigenvalue weighted by atomic mass is 127. The summed E-state index contributed by atoms with van der Waals surface area (Å²) >= 11 is 3.25. The Hall–Kier alpha value is -2.84. The number of hydrogen-bond acceptors (Lipinski definition) is 3. The van der Waals surface area contributed by atoms with Gasteiger partial charge in [0.2, 0.25) is 0 Å². The van der Waals surface area contributed by atoms with Gasteiger partial charge in [0, 0.05) is 20.3 Å². The van der Waals surface area contributed by atoms with E-state index < -0.39 is 0 Å². The van der Waals surface area contributed by atoms with E-state index in [9.17, 15) is 9.59 Å². The van der Waals surface area contributed by atoms with Gasteiger partial charge in [0.25, 0.3) is 11.1 Å². The number of nitrogens with zero attached hydrogens (tertiary/aromatic N) is 2. The van der Waals surface area contributed by atoms with E-state index in [2.05, 4.69) is 77.4 Å². The summed E-state index contributed by atoms with van der Waals surface area (Å²) in [7, 11) is 0. The van der Waals surface area contributed by atoms with Crippen molar-refractivity contribution >= 4 is 62.3 Å². The summed E-state index contributed by atoms with van der Waals surface area (Å²) in [5.41, 5.74) is 5.10. The van der Waals surface area contributed by atoms with Crippen molar-refractivity contribution in [1.82, 2.24) is 9.47 Å². The van der Waals surface area contributed by atoms with Gasteiger partial charge in [-0.2, -0.15) is 0 Å². The van der Waals surface area contributed by atoms with E-state index in [1.54, 1.807) is 0 Å². The van der Waals surface area contributed by atoms with Crippen molar-refractivity contribution in [3.8, 4) is 5.69 Å². The third-order valence-corrected chi connectivity index (χ3v) is 7.52. The molecule has 0 N–H and O–H groups in total. The Morgan fingerprint density at radius 3 is 2.45 bits per heavy atom. The van der Waals surface area contributed by atoms with Gasteiger partial charge in [-0.25, -0.2) is 0 Å². The molecule has 2 heterocycles. The lowest BCUT2D eigenvalue weighted by Crippen LogP contribution is -2.27. The van der Waals surface area contributed by atoms with Crippen molar-refractivity contribution in [3.63, 3.8) is 0 Å². The van der Waals surface area contributed by atoms with Crippen LogP contribution in [0.4, 0.5) is 4.79 Å². The molecule has 2 amide bonds. The first-order valence-corrected chi connectivity index (χ1v) is 12.5. The first kappa shape index (κ1) is 22.0. The predicted octanol–water partition coefficient (Wildman–Crippen LogP) is 7.09. The topological polar surface area (TPSA) is 42.3 Å². The third-order valence-electron chi connectivity index (χ3n) is 5.89. The standard InChI is InChI=1S/C27H21IN2O2S/c1-17-14-21(18(2)30(17)24-9-5-7-20-6-3-4-8-23(20)24)15-25-26(31)29(27(32)33-25)16-19-10-12-22(28)13-11-19/h3-15H,16H2,1-2H3/b25-15-. The number of benzene rings is 3. The van der Waals surface area contributed by atoms with Crippen LogP contribution in [-0.4, -0.2) is 20.6 Å². The van der Waals surface area contributed by atoms with Crippen molar-refractivity contribution in [2.24, 2.45) is 0 Å². The molecule has 6 heteroatoms. The van der Waals surface area contributed by atoms with Crippen LogP contribution >= 0.6 is 34.4 Å². The number of hydrogen-bond donors (Lipinski definition) is 0. The van der Waals surface area contributed by atoms with Crippen molar-refractivity contribution < 1.29 is 9.59 Å². The van der Waals surface area contributed by atoms with Crippen LogP contribution in [0, 0.1) is 17.4 Å². The van der Waals surface area contributed by atoms with E-state index in [0.717, 1.165) is 43.5 Å². The lowest BCUT2D eigenvalue weighted by atomic mass is 10.1. The molecule has 5 rings (SSSR count). The van der Waals surface area contributed by atoms with E-state index in [1.165, 1.54) is 15.7 Å². The maximum Gasteiger partial charge on any atom is 0.293 e. The summed E-state index contributed by atoms with van der Waals surface area (Å²) < 4.78 is 3.33. The molecule has 0 atom stereocenters. The summed E-state index contributed by atoms with van der Waals surface area (Å²) in [5.74, 6) is -0.237. The van der Waals surface area contributed by atoms with Gasteiger partial charge >= 0.3 is 0 Å². The van der Waals surface area contributed by atoms with Crippen LogP contribution in [0.3, 0.4) is 0 Å². The summed E-state index contributed by atoms with van der Waals surface area (Å²) in [5, 5.41) is 2.12. The fourth-order valence-corrected chi connectivity index (χ4v) is 5.45. The molecule has 4 nitrogen and oxygen atoms in total. The number of carbonyl (C=O) groups is 2. The van der Waals surface area contributed by atoms with Gasteiger partial charge in [0.05, 0.1) is 17.1 Å². The molecule has 164 valence electrons. The van der Waals surface area contributed by atoms with Crippen LogP contribution in [-0.2, 0) is 11.3 Å². The van der Waals surface area contributed by atoms with Crippen molar-refractivity contribution in [3.05, 3.63) is 104 Å². The zero-order chi connectivity index (χ0) is 23.1. The summed E-state index contributed by atoms with van der Waals surface area (Å²) in [4.78, 5) is 27.4. The average Bonchev–Trinajstić information content (AvgIpc) is 3.24. The smallest absolute Gasteiger partial charge is 0.293 e. The Bertz CT molecular complexity index is 1430. The number of rotatable bonds is 4. The molecule has 1 aromatic heterocycles. The van der Waals surface area contributed by atoms with Crippen LogP contribution in [0.1, 0.15) is 22.5 Å². The lowest BCUT2D eigenvalue weighted by Gasteiger charge is -2.13. The molecule has 1 saturated heterocycles. The second-order valence-corrected chi connectivity index (χ2v) is 10.3. The largest absolute Gasteiger partial charge is 0.317 e. The first-order chi connectivity index (χ1) is 15.9. The van der Waals surface area contributed by atoms with E-state index in [0.29, 0.717) is 4.91 Å². The molecule has 3 aromatic carbocycles. The van der Waals surface area contributed by atoms with E-state index in [1.807, 2.05) is 42.5 Å². The number of aryl methyl sites for hydroxylation is 1. The van der Waals surface area contributed by atoms with Gasteiger partial charge in [-0.3, -0.25) is 14.5 Å². The van der Waals surface area contributed by atoms with Gasteiger partial charge in [-0.05, 0) is 95.1 Å². The fourth-order valence-electron chi connectivity index (χ4n) is 4.26. The second-order valence-electron chi connectivity index (χ2n) is 8.05. The van der Waals surface area contributed by atoms with Crippen LogP contribution in [0.25, 0.3) is 22.5 Å². The number of imide groups is 1. The zero-order valence-electron chi connectivity index (χ0n) is 18.2. The van der Waals surface area contributed by atoms with E-state index >= 15 is 0 Å².